The number of amides is 1. The highest BCUT2D eigenvalue weighted by molar-refractivity contribution is 7.89. The quantitative estimate of drug-likeness (QED) is 0.801. The second-order valence-electron chi connectivity index (χ2n) is 6.53. The number of anilines is 1. The fraction of sp³-hybridized carbons (Fsp3) is 0.389. The van der Waals surface area contributed by atoms with Gasteiger partial charge in [0, 0.05) is 10.6 Å². The predicted molar refractivity (Wildman–Crippen MR) is 101 cm³/mol. The maximum Gasteiger partial charge on any atom is 0.265 e. The van der Waals surface area contributed by atoms with Crippen LogP contribution in [0.25, 0.3) is 0 Å². The first-order valence-electron chi connectivity index (χ1n) is 8.32. The molecule has 0 fully saturated rings. The standard InChI is InChI=1S/C18H22N2O3S2/c1-11-8-14(25(19,22)23)10-15(12(11)2)20-18(21)17-9-13-6-4-3-5-7-16(13)24-17/h8-10H,3-7H2,1-2H3,(H,20,21)(H2,19,22,23). The van der Waals surface area contributed by atoms with Crippen LogP contribution in [0.4, 0.5) is 5.69 Å². The Balaban J connectivity index is 1.90. The monoisotopic (exact) mass is 378 g/mol. The molecule has 134 valence electrons. The van der Waals surface area contributed by atoms with Crippen LogP contribution in [0.2, 0.25) is 0 Å². The average molecular weight is 379 g/mol. The molecule has 1 amide bonds. The number of benzene rings is 1. The van der Waals surface area contributed by atoms with E-state index < -0.39 is 10.0 Å². The molecule has 3 rings (SSSR count). The van der Waals surface area contributed by atoms with E-state index in [4.69, 9.17) is 5.14 Å². The SMILES string of the molecule is Cc1cc(S(N)(=O)=O)cc(NC(=O)c2cc3c(s2)CCCCC3)c1C. The summed E-state index contributed by atoms with van der Waals surface area (Å²) in [5.74, 6) is -0.202. The molecule has 0 atom stereocenters. The number of carbonyl (C=O) groups is 1. The minimum Gasteiger partial charge on any atom is -0.321 e. The van der Waals surface area contributed by atoms with Crippen molar-refractivity contribution in [3.05, 3.63) is 44.6 Å². The van der Waals surface area contributed by atoms with Crippen LogP contribution in [-0.4, -0.2) is 14.3 Å². The van der Waals surface area contributed by atoms with Gasteiger partial charge in [-0.25, -0.2) is 13.6 Å². The van der Waals surface area contributed by atoms with E-state index in [0.717, 1.165) is 24.0 Å². The molecule has 0 spiro atoms. The van der Waals surface area contributed by atoms with Crippen molar-refractivity contribution in [3.63, 3.8) is 0 Å². The topological polar surface area (TPSA) is 89.3 Å². The number of rotatable bonds is 3. The van der Waals surface area contributed by atoms with E-state index in [1.165, 1.54) is 41.8 Å². The Morgan fingerprint density at radius 3 is 2.56 bits per heavy atom. The molecule has 1 aromatic heterocycles. The fourth-order valence-electron chi connectivity index (χ4n) is 3.08. The zero-order chi connectivity index (χ0) is 18.2. The Labute approximate surface area is 152 Å². The molecule has 0 aliphatic heterocycles. The highest BCUT2D eigenvalue weighted by Gasteiger charge is 2.19. The van der Waals surface area contributed by atoms with Crippen molar-refractivity contribution >= 4 is 33.0 Å². The Morgan fingerprint density at radius 1 is 1.12 bits per heavy atom. The van der Waals surface area contributed by atoms with Crippen molar-refractivity contribution in [2.75, 3.05) is 5.32 Å². The van der Waals surface area contributed by atoms with Gasteiger partial charge in [-0.15, -0.1) is 11.3 Å². The van der Waals surface area contributed by atoms with Gasteiger partial charge in [0.2, 0.25) is 10.0 Å². The molecule has 0 radical (unpaired) electrons. The van der Waals surface area contributed by atoms with E-state index in [9.17, 15) is 13.2 Å². The van der Waals surface area contributed by atoms with Crippen molar-refractivity contribution in [2.24, 2.45) is 5.14 Å². The van der Waals surface area contributed by atoms with E-state index in [1.54, 1.807) is 18.3 Å². The average Bonchev–Trinajstić information content (AvgIpc) is 2.81. The number of nitrogens with one attached hydrogen (secondary N) is 1. The molecule has 1 aliphatic rings. The molecular formula is C18H22N2O3S2. The molecule has 25 heavy (non-hydrogen) atoms. The maximum atomic E-state index is 12.7. The van der Waals surface area contributed by atoms with Gasteiger partial charge in [-0.05, 0) is 74.4 Å². The Hall–Kier alpha value is -1.70. The second-order valence-corrected chi connectivity index (χ2v) is 9.23. The smallest absolute Gasteiger partial charge is 0.265 e. The van der Waals surface area contributed by atoms with Crippen LogP contribution in [0.5, 0.6) is 0 Å². The van der Waals surface area contributed by atoms with E-state index in [2.05, 4.69) is 5.32 Å². The summed E-state index contributed by atoms with van der Waals surface area (Å²) in [6, 6.07) is 4.92. The number of hydrogen-bond donors (Lipinski definition) is 2. The van der Waals surface area contributed by atoms with Crippen molar-refractivity contribution in [2.45, 2.75) is 50.8 Å². The molecule has 7 heteroatoms. The summed E-state index contributed by atoms with van der Waals surface area (Å²) < 4.78 is 23.3. The Morgan fingerprint density at radius 2 is 1.84 bits per heavy atom. The van der Waals surface area contributed by atoms with Gasteiger partial charge in [0.05, 0.1) is 9.77 Å². The summed E-state index contributed by atoms with van der Waals surface area (Å²) >= 11 is 1.54. The third-order valence-electron chi connectivity index (χ3n) is 4.69. The zero-order valence-electron chi connectivity index (χ0n) is 14.4. The lowest BCUT2D eigenvalue weighted by atomic mass is 10.1. The fourth-order valence-corrected chi connectivity index (χ4v) is 4.86. The normalized spacial score (nSPS) is 14.7. The first-order valence-corrected chi connectivity index (χ1v) is 10.7. The summed E-state index contributed by atoms with van der Waals surface area (Å²) in [6.07, 6.45) is 5.63. The van der Waals surface area contributed by atoms with Gasteiger partial charge in [-0.3, -0.25) is 4.79 Å². The number of primary sulfonamides is 1. The first kappa shape index (κ1) is 18.1. The number of carbonyl (C=O) groups excluding carboxylic acids is 1. The summed E-state index contributed by atoms with van der Waals surface area (Å²) in [4.78, 5) is 14.6. The van der Waals surface area contributed by atoms with Crippen molar-refractivity contribution in [3.8, 4) is 0 Å². The molecule has 2 aromatic rings. The van der Waals surface area contributed by atoms with E-state index >= 15 is 0 Å². The minimum atomic E-state index is -3.82. The first-order chi connectivity index (χ1) is 11.8. The largest absolute Gasteiger partial charge is 0.321 e. The molecule has 0 saturated heterocycles. The van der Waals surface area contributed by atoms with Crippen LogP contribution in [0.1, 0.15) is 50.5 Å². The van der Waals surface area contributed by atoms with Crippen molar-refractivity contribution in [1.82, 2.24) is 0 Å². The van der Waals surface area contributed by atoms with Gasteiger partial charge in [0.15, 0.2) is 0 Å². The van der Waals surface area contributed by atoms with Crippen LogP contribution >= 0.6 is 11.3 Å². The molecule has 0 saturated carbocycles. The van der Waals surface area contributed by atoms with E-state index in [0.29, 0.717) is 10.6 Å². The van der Waals surface area contributed by atoms with Crippen molar-refractivity contribution < 1.29 is 13.2 Å². The zero-order valence-corrected chi connectivity index (χ0v) is 16.0. The van der Waals surface area contributed by atoms with Crippen molar-refractivity contribution in [1.29, 1.82) is 0 Å². The van der Waals surface area contributed by atoms with Crippen LogP contribution in [0.3, 0.4) is 0 Å². The minimum absolute atomic E-state index is 0.00728. The number of aryl methyl sites for hydroxylation is 3. The maximum absolute atomic E-state index is 12.7. The molecule has 1 heterocycles. The van der Waals surface area contributed by atoms with Gasteiger partial charge in [-0.1, -0.05) is 6.42 Å². The van der Waals surface area contributed by atoms with Gasteiger partial charge in [0.1, 0.15) is 0 Å². The Kier molecular flexibility index (Phi) is 4.99. The lowest BCUT2D eigenvalue weighted by Crippen LogP contribution is -2.16. The molecule has 3 N–H and O–H groups in total. The summed E-state index contributed by atoms with van der Waals surface area (Å²) in [6.45, 7) is 3.65. The molecule has 1 aliphatic carbocycles. The summed E-state index contributed by atoms with van der Waals surface area (Å²) in [7, 11) is -3.82. The van der Waals surface area contributed by atoms with Gasteiger partial charge in [-0.2, -0.15) is 0 Å². The summed E-state index contributed by atoms with van der Waals surface area (Å²) in [5.41, 5.74) is 3.36. The van der Waals surface area contributed by atoms with Crippen LogP contribution in [-0.2, 0) is 22.9 Å². The van der Waals surface area contributed by atoms with Crippen LogP contribution in [0.15, 0.2) is 23.1 Å². The highest BCUT2D eigenvalue weighted by atomic mass is 32.2. The second kappa shape index (κ2) is 6.90. The third kappa shape index (κ3) is 3.94. The number of fused-ring (bicyclic) bond motifs is 1. The lowest BCUT2D eigenvalue weighted by Gasteiger charge is -2.12. The molecule has 0 unspecified atom stereocenters. The highest BCUT2D eigenvalue weighted by Crippen LogP contribution is 2.30. The number of hydrogen-bond acceptors (Lipinski definition) is 4. The number of thiophene rings is 1. The van der Waals surface area contributed by atoms with Gasteiger partial charge >= 0.3 is 0 Å². The number of nitrogens with two attached hydrogens (primary N) is 1. The van der Waals surface area contributed by atoms with Crippen LogP contribution in [0, 0.1) is 13.8 Å². The van der Waals surface area contributed by atoms with E-state index in [1.807, 2.05) is 13.0 Å². The molecule has 5 nitrogen and oxygen atoms in total. The summed E-state index contributed by atoms with van der Waals surface area (Å²) in [5, 5.41) is 8.09. The van der Waals surface area contributed by atoms with Gasteiger partial charge < -0.3 is 5.32 Å². The molecule has 0 bridgehead atoms. The lowest BCUT2D eigenvalue weighted by molar-refractivity contribution is 0.103. The molecule has 1 aromatic carbocycles. The number of sulfonamides is 1. The molecular weight excluding hydrogens is 356 g/mol. The predicted octanol–water partition coefficient (Wildman–Crippen LogP) is 3.53. The van der Waals surface area contributed by atoms with Gasteiger partial charge in [0.25, 0.3) is 5.91 Å². The van der Waals surface area contributed by atoms with E-state index in [-0.39, 0.29) is 10.8 Å². The third-order valence-corrected chi connectivity index (χ3v) is 6.82. The van der Waals surface area contributed by atoms with Crippen LogP contribution < -0.4 is 10.5 Å². The Bertz CT molecular complexity index is 907.